The molecule has 8 nitrogen and oxygen atoms in total. The predicted octanol–water partition coefficient (Wildman–Crippen LogP) is 5.65. The number of fused-ring (bicyclic) bond motifs is 3. The molecule has 6 rings (SSSR count). The van der Waals surface area contributed by atoms with Crippen molar-refractivity contribution < 1.29 is 27.8 Å². The number of allylic oxidation sites excluding steroid dienone is 1. The predicted molar refractivity (Wildman–Crippen MR) is 172 cm³/mol. The summed E-state index contributed by atoms with van der Waals surface area (Å²) in [5, 5.41) is 11.1. The van der Waals surface area contributed by atoms with Crippen LogP contribution in [-0.2, 0) is 27.8 Å². The molecule has 2 N–H and O–H groups in total. The van der Waals surface area contributed by atoms with Crippen LogP contribution in [0.1, 0.15) is 73.4 Å². The lowest BCUT2D eigenvalue weighted by Gasteiger charge is -2.42. The summed E-state index contributed by atoms with van der Waals surface area (Å²) in [5.41, 5.74) is 3.28. The van der Waals surface area contributed by atoms with Crippen LogP contribution >= 0.6 is 11.6 Å². The number of aryl methyl sites for hydroxylation is 1. The maximum Gasteiger partial charge on any atom is 0.264 e. The molecule has 44 heavy (non-hydrogen) atoms. The zero-order chi connectivity index (χ0) is 30.8. The van der Waals surface area contributed by atoms with E-state index >= 15 is 0 Å². The van der Waals surface area contributed by atoms with Crippen LogP contribution in [0, 0.1) is 17.8 Å². The highest BCUT2D eigenvalue weighted by atomic mass is 35.5. The van der Waals surface area contributed by atoms with Gasteiger partial charge in [-0.3, -0.25) is 4.79 Å². The van der Waals surface area contributed by atoms with E-state index in [0.29, 0.717) is 43.4 Å². The van der Waals surface area contributed by atoms with Crippen LogP contribution in [0.4, 0.5) is 5.69 Å². The van der Waals surface area contributed by atoms with Gasteiger partial charge in [-0.2, -0.15) is 0 Å². The van der Waals surface area contributed by atoms with Crippen molar-refractivity contribution in [1.29, 1.82) is 0 Å². The molecule has 2 aromatic rings. The molecule has 4 aliphatic rings. The van der Waals surface area contributed by atoms with E-state index in [2.05, 4.69) is 9.62 Å². The van der Waals surface area contributed by atoms with Gasteiger partial charge in [-0.1, -0.05) is 36.7 Å². The lowest BCUT2D eigenvalue weighted by Crippen LogP contribution is -2.45. The Morgan fingerprint density at radius 3 is 2.68 bits per heavy atom. The van der Waals surface area contributed by atoms with Crippen molar-refractivity contribution in [2.75, 3.05) is 24.6 Å². The molecule has 3 heterocycles. The summed E-state index contributed by atoms with van der Waals surface area (Å²) < 4.78 is 41.8. The number of amides is 1. The second kappa shape index (κ2) is 13.4. The molecule has 0 radical (unpaired) electrons. The van der Waals surface area contributed by atoms with Crippen molar-refractivity contribution >= 4 is 33.2 Å². The third-order valence-electron chi connectivity index (χ3n) is 10.0. The van der Waals surface area contributed by atoms with Gasteiger partial charge in [0.2, 0.25) is 10.0 Å². The van der Waals surface area contributed by atoms with E-state index in [0.717, 1.165) is 56.3 Å². The van der Waals surface area contributed by atoms with Gasteiger partial charge in [0.05, 0.1) is 23.1 Å². The number of hydrogen-bond acceptors (Lipinski definition) is 7. The first-order chi connectivity index (χ1) is 21.2. The zero-order valence-corrected chi connectivity index (χ0v) is 26.9. The summed E-state index contributed by atoms with van der Waals surface area (Å²) in [6.07, 6.45) is 9.36. The lowest BCUT2D eigenvalue weighted by molar-refractivity contribution is -0.0564. The molecular formula is C34H43ClN2O6S. The fraction of sp³-hybridized carbons (Fsp3) is 0.559. The Hall–Kier alpha value is -2.59. The smallest absolute Gasteiger partial charge is 0.264 e. The Bertz CT molecular complexity index is 1490. The van der Waals surface area contributed by atoms with Crippen molar-refractivity contribution in [2.24, 2.45) is 17.8 Å². The van der Waals surface area contributed by atoms with Gasteiger partial charge in [0.25, 0.3) is 5.91 Å². The number of anilines is 1. The van der Waals surface area contributed by atoms with Crippen molar-refractivity contribution in [2.45, 2.75) is 82.4 Å². The highest BCUT2D eigenvalue weighted by molar-refractivity contribution is 7.90. The van der Waals surface area contributed by atoms with Gasteiger partial charge in [-0.15, -0.1) is 0 Å². The number of hydrogen-bond donors (Lipinski definition) is 2. The Kier molecular flexibility index (Phi) is 9.57. The van der Waals surface area contributed by atoms with Crippen LogP contribution in [0.2, 0.25) is 5.02 Å². The fourth-order valence-corrected chi connectivity index (χ4v) is 8.93. The van der Waals surface area contributed by atoms with Gasteiger partial charge in [0.15, 0.2) is 0 Å². The van der Waals surface area contributed by atoms with Crippen LogP contribution < -0.4 is 14.4 Å². The molecule has 1 aliphatic carbocycles. The van der Waals surface area contributed by atoms with Crippen LogP contribution in [0.5, 0.6) is 5.75 Å². The Morgan fingerprint density at radius 1 is 1.09 bits per heavy atom. The molecule has 6 atom stereocenters. The molecule has 10 heteroatoms. The van der Waals surface area contributed by atoms with E-state index in [1.54, 1.807) is 18.2 Å². The minimum Gasteiger partial charge on any atom is -0.487 e. The van der Waals surface area contributed by atoms with Crippen molar-refractivity contribution in [3.63, 3.8) is 0 Å². The summed E-state index contributed by atoms with van der Waals surface area (Å²) in [6.45, 7) is 4.32. The number of carbonyl (C=O) groups excluding carboxylic acids is 1. The van der Waals surface area contributed by atoms with Gasteiger partial charge in [-0.25, -0.2) is 13.1 Å². The Balaban J connectivity index is 1.37. The van der Waals surface area contributed by atoms with Gasteiger partial charge in [-0.05, 0) is 111 Å². The third kappa shape index (κ3) is 6.96. The van der Waals surface area contributed by atoms with Gasteiger partial charge < -0.3 is 19.5 Å². The van der Waals surface area contributed by atoms with Crippen molar-refractivity contribution in [1.82, 2.24) is 4.72 Å². The normalized spacial score (nSPS) is 31.4. The zero-order valence-electron chi connectivity index (χ0n) is 25.3. The molecule has 2 fully saturated rings. The summed E-state index contributed by atoms with van der Waals surface area (Å²) >= 11 is 6.32. The highest BCUT2D eigenvalue weighted by Crippen LogP contribution is 2.41. The molecule has 0 unspecified atom stereocenters. The number of aliphatic hydroxyl groups excluding tert-OH is 1. The monoisotopic (exact) mass is 642 g/mol. The van der Waals surface area contributed by atoms with Crippen LogP contribution in [-0.4, -0.2) is 56.6 Å². The number of ether oxygens (including phenoxy) is 2. The van der Waals surface area contributed by atoms with E-state index in [9.17, 15) is 18.3 Å². The second-order valence-electron chi connectivity index (χ2n) is 13.0. The minimum atomic E-state index is -4.02. The highest BCUT2D eigenvalue weighted by Gasteiger charge is 2.39. The first-order valence-electron chi connectivity index (χ1n) is 16.0. The van der Waals surface area contributed by atoms with E-state index in [-0.39, 0.29) is 29.4 Å². The Morgan fingerprint density at radius 2 is 1.93 bits per heavy atom. The van der Waals surface area contributed by atoms with Crippen LogP contribution in [0.3, 0.4) is 0 Å². The number of nitrogens with zero attached hydrogens (tertiary/aromatic N) is 1. The molecule has 2 aromatic carbocycles. The first-order valence-corrected chi connectivity index (χ1v) is 17.9. The first kappa shape index (κ1) is 31.4. The summed E-state index contributed by atoms with van der Waals surface area (Å²) in [5.74, 6) is 0.131. The quantitative estimate of drug-likeness (QED) is 0.408. The maximum atomic E-state index is 13.7. The number of rotatable bonds is 2. The van der Waals surface area contributed by atoms with Gasteiger partial charge in [0, 0.05) is 30.3 Å². The molecule has 1 amide bonds. The SMILES string of the molecule is C[C@@H]1C/C=C/[C@H](O)[C@@H]2CC[C@H]2CN2CCCCc3cc(Cl)ccc3COc3ccc(cc32)C(=O)NS(=O)(=O)[C@@H]1C[C@H]1CCO1. The summed E-state index contributed by atoms with van der Waals surface area (Å²) in [4.78, 5) is 15.9. The number of benzene rings is 2. The maximum absolute atomic E-state index is 13.7. The summed E-state index contributed by atoms with van der Waals surface area (Å²) in [7, 11) is -4.02. The molecule has 1 saturated heterocycles. The van der Waals surface area contributed by atoms with E-state index in [4.69, 9.17) is 21.1 Å². The van der Waals surface area contributed by atoms with Gasteiger partial charge >= 0.3 is 0 Å². The standard InChI is InChI=1S/C34H43ClN2O6S/c1-22-5-4-7-31(38)29-12-9-25(29)20-37-15-3-2-6-23-17-27(35)11-8-26(23)21-43-32-13-10-24(18-30(32)37)34(39)36-44(40,41)33(22)19-28-14-16-42-28/h4,7-8,10-11,13,17-18,22,25,28-29,31,33,38H,2-3,5-6,9,12,14-16,19-21H2,1H3,(H,36,39)/b7-4+/t22-,25+,28-,29-,31+,33-/m1/s1. The second-order valence-corrected chi connectivity index (χ2v) is 15.3. The van der Waals surface area contributed by atoms with Gasteiger partial charge in [0.1, 0.15) is 12.4 Å². The summed E-state index contributed by atoms with van der Waals surface area (Å²) in [6, 6.07) is 11.1. The minimum absolute atomic E-state index is 0.123. The molecular weight excluding hydrogens is 600 g/mol. The molecule has 1 saturated carbocycles. The number of halogens is 1. The molecule has 3 aliphatic heterocycles. The average Bonchev–Trinajstić information content (AvgIpc) is 2.96. The molecule has 2 bridgehead atoms. The van der Waals surface area contributed by atoms with Crippen LogP contribution in [0.15, 0.2) is 48.6 Å². The lowest BCUT2D eigenvalue weighted by atomic mass is 9.70. The molecule has 0 aromatic heterocycles. The van der Waals surface area contributed by atoms with E-state index in [1.807, 2.05) is 37.3 Å². The van der Waals surface area contributed by atoms with E-state index in [1.165, 1.54) is 5.56 Å². The van der Waals surface area contributed by atoms with Crippen molar-refractivity contribution in [3.8, 4) is 5.75 Å². The number of nitrogens with one attached hydrogen (secondary N) is 1. The molecule has 238 valence electrons. The number of aliphatic hydroxyl groups is 1. The number of sulfonamides is 1. The Labute approximate surface area is 265 Å². The van der Waals surface area contributed by atoms with Crippen LogP contribution in [0.25, 0.3) is 0 Å². The fourth-order valence-electron chi connectivity index (χ4n) is 7.02. The largest absolute Gasteiger partial charge is 0.487 e. The van der Waals surface area contributed by atoms with Crippen molar-refractivity contribution in [3.05, 3.63) is 70.3 Å². The topological polar surface area (TPSA) is 105 Å². The average molecular weight is 643 g/mol. The number of carbonyl (C=O) groups is 1. The van der Waals surface area contributed by atoms with E-state index < -0.39 is 27.3 Å². The third-order valence-corrected chi connectivity index (χ3v) is 12.2. The molecule has 0 spiro atoms.